The lowest BCUT2D eigenvalue weighted by molar-refractivity contribution is -0.118. The number of aromatic hydroxyl groups is 1. The minimum absolute atomic E-state index is 0.0201. The van der Waals surface area contributed by atoms with Crippen LogP contribution in [0.25, 0.3) is 0 Å². The molecule has 70 valence electrons. The molecule has 1 aromatic carbocycles. The summed E-state index contributed by atoms with van der Waals surface area (Å²) in [5, 5.41) is 11.6. The van der Waals surface area contributed by atoms with Crippen LogP contribution in [0.5, 0.6) is 5.75 Å². The smallest absolute Gasteiger partial charge is 0.230 e. The van der Waals surface area contributed by atoms with Gasteiger partial charge in [0.2, 0.25) is 5.91 Å². The van der Waals surface area contributed by atoms with Crippen molar-refractivity contribution in [3.05, 3.63) is 24.3 Å². The fourth-order valence-electron chi connectivity index (χ4n) is 0.794. The predicted molar refractivity (Wildman–Crippen MR) is 52.9 cm³/mol. The van der Waals surface area contributed by atoms with Gasteiger partial charge in [0, 0.05) is 11.9 Å². The Balaban J connectivity index is 2.50. The van der Waals surface area contributed by atoms with Crippen LogP contribution in [-0.2, 0) is 4.79 Å². The zero-order valence-electron chi connectivity index (χ0n) is 7.28. The van der Waals surface area contributed by atoms with E-state index in [9.17, 15) is 4.79 Å². The molecule has 0 aliphatic carbocycles. The molecule has 0 unspecified atom stereocenters. The van der Waals surface area contributed by atoms with Crippen molar-refractivity contribution in [2.75, 3.05) is 12.8 Å². The number of rotatable bonds is 3. The number of benzene rings is 1. The van der Waals surface area contributed by atoms with Crippen LogP contribution in [-0.4, -0.2) is 23.8 Å². The van der Waals surface area contributed by atoms with Crippen molar-refractivity contribution in [2.24, 2.45) is 0 Å². The Hall–Kier alpha value is -1.16. The quantitative estimate of drug-likeness (QED) is 0.716. The number of phenolic OH excluding ortho intramolecular Hbond substituents is 1. The Bertz CT molecular complexity index is 301. The van der Waals surface area contributed by atoms with Crippen LogP contribution in [0.4, 0.5) is 0 Å². The molecule has 0 fully saturated rings. The first kappa shape index (κ1) is 9.92. The second kappa shape index (κ2) is 4.77. The molecule has 0 atom stereocenters. The van der Waals surface area contributed by atoms with E-state index in [1.807, 2.05) is 6.07 Å². The summed E-state index contributed by atoms with van der Waals surface area (Å²) >= 11 is 1.40. The largest absolute Gasteiger partial charge is 0.508 e. The Labute approximate surface area is 81.2 Å². The molecule has 0 bridgehead atoms. The van der Waals surface area contributed by atoms with E-state index in [0.29, 0.717) is 5.75 Å². The monoisotopic (exact) mass is 197 g/mol. The lowest BCUT2D eigenvalue weighted by Gasteiger charge is -2.00. The van der Waals surface area contributed by atoms with Gasteiger partial charge in [0.25, 0.3) is 0 Å². The van der Waals surface area contributed by atoms with Crippen LogP contribution in [0.1, 0.15) is 0 Å². The first-order valence-corrected chi connectivity index (χ1v) is 4.83. The second-order valence-corrected chi connectivity index (χ2v) is 3.51. The molecule has 0 spiro atoms. The van der Waals surface area contributed by atoms with Gasteiger partial charge in [-0.2, -0.15) is 0 Å². The van der Waals surface area contributed by atoms with Gasteiger partial charge in [0.1, 0.15) is 5.75 Å². The predicted octanol–water partition coefficient (Wildman–Crippen LogP) is 1.23. The highest BCUT2D eigenvalue weighted by Gasteiger charge is 2.00. The third-order valence-electron chi connectivity index (χ3n) is 1.47. The molecule has 1 rings (SSSR count). The maximum atomic E-state index is 10.9. The van der Waals surface area contributed by atoms with Gasteiger partial charge in [0.05, 0.1) is 5.75 Å². The van der Waals surface area contributed by atoms with Crippen molar-refractivity contribution in [1.82, 2.24) is 5.32 Å². The summed E-state index contributed by atoms with van der Waals surface area (Å²) in [5.74, 6) is 0.579. The number of carbonyl (C=O) groups is 1. The molecule has 0 radical (unpaired) electrons. The zero-order valence-corrected chi connectivity index (χ0v) is 8.10. The van der Waals surface area contributed by atoms with Crippen LogP contribution < -0.4 is 5.32 Å². The molecule has 4 heteroatoms. The fourth-order valence-corrected chi connectivity index (χ4v) is 1.62. The van der Waals surface area contributed by atoms with E-state index in [2.05, 4.69) is 5.32 Å². The molecule has 0 heterocycles. The molecule has 1 amide bonds. The lowest BCUT2D eigenvalue weighted by Crippen LogP contribution is -2.19. The summed E-state index contributed by atoms with van der Waals surface area (Å²) in [5.41, 5.74) is 0. The Kier molecular flexibility index (Phi) is 3.64. The molecule has 1 aromatic rings. The van der Waals surface area contributed by atoms with E-state index in [1.165, 1.54) is 11.8 Å². The molecule has 3 nitrogen and oxygen atoms in total. The summed E-state index contributed by atoms with van der Waals surface area (Å²) in [6, 6.07) is 6.84. The van der Waals surface area contributed by atoms with Crippen molar-refractivity contribution >= 4 is 17.7 Å². The molecule has 0 aliphatic rings. The van der Waals surface area contributed by atoms with Crippen molar-refractivity contribution in [3.8, 4) is 5.75 Å². The third kappa shape index (κ3) is 3.38. The molecule has 0 aliphatic heterocycles. The summed E-state index contributed by atoms with van der Waals surface area (Å²) < 4.78 is 0. The van der Waals surface area contributed by atoms with Crippen LogP contribution in [0.3, 0.4) is 0 Å². The van der Waals surface area contributed by atoms with Crippen LogP contribution in [0.2, 0.25) is 0 Å². The van der Waals surface area contributed by atoms with Gasteiger partial charge in [-0.05, 0) is 18.2 Å². The number of hydrogen-bond acceptors (Lipinski definition) is 3. The number of nitrogens with one attached hydrogen (secondary N) is 1. The third-order valence-corrected chi connectivity index (χ3v) is 2.46. The number of phenols is 1. The first-order chi connectivity index (χ1) is 6.22. The van der Waals surface area contributed by atoms with Crippen molar-refractivity contribution in [3.63, 3.8) is 0 Å². The Morgan fingerprint density at radius 2 is 2.38 bits per heavy atom. The standard InChI is InChI=1S/C9H11NO2S/c1-10-9(12)6-13-8-4-2-3-7(11)5-8/h2-5,11H,6H2,1H3,(H,10,12). The SMILES string of the molecule is CNC(=O)CSc1cccc(O)c1. The lowest BCUT2D eigenvalue weighted by atomic mass is 10.3. The van der Waals surface area contributed by atoms with Gasteiger partial charge in [-0.15, -0.1) is 11.8 Å². The molecule has 0 saturated heterocycles. The normalized spacial score (nSPS) is 9.62. The van der Waals surface area contributed by atoms with Gasteiger partial charge in [-0.3, -0.25) is 4.79 Å². The van der Waals surface area contributed by atoms with Gasteiger partial charge < -0.3 is 10.4 Å². The first-order valence-electron chi connectivity index (χ1n) is 3.85. The van der Waals surface area contributed by atoms with Gasteiger partial charge >= 0.3 is 0 Å². The van der Waals surface area contributed by atoms with E-state index >= 15 is 0 Å². The molecule has 0 saturated carbocycles. The molecule has 13 heavy (non-hydrogen) atoms. The van der Waals surface area contributed by atoms with E-state index < -0.39 is 0 Å². The van der Waals surface area contributed by atoms with E-state index in [1.54, 1.807) is 25.2 Å². The number of amides is 1. The van der Waals surface area contributed by atoms with Crippen molar-refractivity contribution in [1.29, 1.82) is 0 Å². The topological polar surface area (TPSA) is 49.3 Å². The van der Waals surface area contributed by atoms with Gasteiger partial charge in [0.15, 0.2) is 0 Å². The Morgan fingerprint density at radius 1 is 1.62 bits per heavy atom. The summed E-state index contributed by atoms with van der Waals surface area (Å²) in [6.07, 6.45) is 0. The van der Waals surface area contributed by atoms with E-state index in [4.69, 9.17) is 5.11 Å². The number of thioether (sulfide) groups is 1. The van der Waals surface area contributed by atoms with Gasteiger partial charge in [-0.25, -0.2) is 0 Å². The fraction of sp³-hybridized carbons (Fsp3) is 0.222. The maximum absolute atomic E-state index is 10.9. The number of carbonyl (C=O) groups excluding carboxylic acids is 1. The summed E-state index contributed by atoms with van der Waals surface area (Å²) in [4.78, 5) is 11.8. The van der Waals surface area contributed by atoms with Crippen LogP contribution in [0.15, 0.2) is 29.2 Å². The number of hydrogen-bond donors (Lipinski definition) is 2. The van der Waals surface area contributed by atoms with Crippen molar-refractivity contribution in [2.45, 2.75) is 4.90 Å². The molecular weight excluding hydrogens is 186 g/mol. The molecule has 0 aromatic heterocycles. The maximum Gasteiger partial charge on any atom is 0.230 e. The van der Waals surface area contributed by atoms with Crippen molar-refractivity contribution < 1.29 is 9.90 Å². The molecular formula is C9H11NO2S. The Morgan fingerprint density at radius 3 is 3.00 bits per heavy atom. The zero-order chi connectivity index (χ0) is 9.68. The summed E-state index contributed by atoms with van der Waals surface area (Å²) in [6.45, 7) is 0. The van der Waals surface area contributed by atoms with E-state index in [0.717, 1.165) is 4.90 Å². The average molecular weight is 197 g/mol. The highest BCUT2D eigenvalue weighted by atomic mass is 32.2. The highest BCUT2D eigenvalue weighted by molar-refractivity contribution is 8.00. The van der Waals surface area contributed by atoms with Crippen LogP contribution >= 0.6 is 11.8 Å². The molecule has 2 N–H and O–H groups in total. The van der Waals surface area contributed by atoms with Gasteiger partial charge in [-0.1, -0.05) is 6.07 Å². The van der Waals surface area contributed by atoms with Crippen LogP contribution in [0, 0.1) is 0 Å². The highest BCUT2D eigenvalue weighted by Crippen LogP contribution is 2.21. The van der Waals surface area contributed by atoms with E-state index in [-0.39, 0.29) is 11.7 Å². The second-order valence-electron chi connectivity index (χ2n) is 2.46. The minimum Gasteiger partial charge on any atom is -0.508 e. The minimum atomic E-state index is -0.0201. The average Bonchev–Trinajstić information content (AvgIpc) is 2.14. The summed E-state index contributed by atoms with van der Waals surface area (Å²) in [7, 11) is 1.60.